The monoisotopic (exact) mass is 274 g/mol. The van der Waals surface area contributed by atoms with Crippen molar-refractivity contribution in [1.82, 2.24) is 9.36 Å². The second kappa shape index (κ2) is 5.67. The summed E-state index contributed by atoms with van der Waals surface area (Å²) in [6.07, 6.45) is 3.44. The number of nitrogens with one attached hydrogen (secondary N) is 1. The van der Waals surface area contributed by atoms with E-state index in [2.05, 4.69) is 38.9 Å². The number of aromatic nitrogens is 2. The van der Waals surface area contributed by atoms with Gasteiger partial charge in [0.05, 0.1) is 0 Å². The quantitative estimate of drug-likeness (QED) is 0.849. The van der Waals surface area contributed by atoms with Gasteiger partial charge in [0, 0.05) is 24.0 Å². The van der Waals surface area contributed by atoms with Gasteiger partial charge in [0.25, 0.3) is 0 Å². The van der Waals surface area contributed by atoms with Gasteiger partial charge < -0.3 is 11.1 Å². The molecular formula is C14H18N4S. The maximum absolute atomic E-state index is 5.54. The molecule has 0 amide bonds. The molecule has 1 fully saturated rings. The van der Waals surface area contributed by atoms with E-state index < -0.39 is 0 Å². The van der Waals surface area contributed by atoms with Crippen molar-refractivity contribution in [2.75, 3.05) is 11.9 Å². The van der Waals surface area contributed by atoms with E-state index in [0.717, 1.165) is 23.9 Å². The molecule has 19 heavy (non-hydrogen) atoms. The number of nitrogens with two attached hydrogens (primary N) is 1. The van der Waals surface area contributed by atoms with Gasteiger partial charge in [-0.3, -0.25) is 0 Å². The van der Waals surface area contributed by atoms with E-state index in [9.17, 15) is 0 Å². The van der Waals surface area contributed by atoms with Crippen LogP contribution in [0.25, 0.3) is 0 Å². The molecule has 1 aliphatic carbocycles. The summed E-state index contributed by atoms with van der Waals surface area (Å²) in [5.74, 6) is 1.65. The van der Waals surface area contributed by atoms with Crippen LogP contribution in [0.5, 0.6) is 0 Å². The molecular weight excluding hydrogens is 256 g/mol. The summed E-state index contributed by atoms with van der Waals surface area (Å²) < 4.78 is 4.38. The molecule has 0 atom stereocenters. The number of benzene rings is 1. The Bertz CT molecular complexity index is 531. The van der Waals surface area contributed by atoms with E-state index in [-0.39, 0.29) is 0 Å². The van der Waals surface area contributed by atoms with Crippen LogP contribution >= 0.6 is 11.5 Å². The molecule has 1 aromatic heterocycles. The minimum atomic E-state index is 0.627. The van der Waals surface area contributed by atoms with Gasteiger partial charge in [-0.1, -0.05) is 24.3 Å². The third kappa shape index (κ3) is 3.30. The van der Waals surface area contributed by atoms with Crippen LogP contribution in [0.2, 0.25) is 0 Å². The van der Waals surface area contributed by atoms with Gasteiger partial charge in [0.1, 0.15) is 5.82 Å². The third-order valence-corrected chi connectivity index (χ3v) is 3.97. The summed E-state index contributed by atoms with van der Waals surface area (Å²) in [4.78, 5) is 4.51. The van der Waals surface area contributed by atoms with Crippen molar-refractivity contribution in [3.63, 3.8) is 0 Å². The average molecular weight is 274 g/mol. The fourth-order valence-corrected chi connectivity index (χ4v) is 2.62. The molecule has 1 heterocycles. The van der Waals surface area contributed by atoms with Gasteiger partial charge >= 0.3 is 0 Å². The van der Waals surface area contributed by atoms with Crippen molar-refractivity contribution in [1.29, 1.82) is 0 Å². The minimum absolute atomic E-state index is 0.627. The molecule has 100 valence electrons. The summed E-state index contributed by atoms with van der Waals surface area (Å²) in [6, 6.07) is 8.56. The Morgan fingerprint density at radius 1 is 1.21 bits per heavy atom. The predicted molar refractivity (Wildman–Crippen MR) is 78.4 cm³/mol. The molecule has 3 N–H and O–H groups in total. The number of nitrogens with zero attached hydrogens (tertiary/aromatic N) is 2. The Balaban J connectivity index is 1.55. The lowest BCUT2D eigenvalue weighted by Crippen LogP contribution is -2.03. The molecule has 0 saturated heterocycles. The van der Waals surface area contributed by atoms with Gasteiger partial charge in [0.2, 0.25) is 5.13 Å². The highest BCUT2D eigenvalue weighted by Gasteiger charge is 2.27. The number of hydrogen-bond acceptors (Lipinski definition) is 5. The van der Waals surface area contributed by atoms with Crippen molar-refractivity contribution >= 4 is 16.7 Å². The first-order valence-electron chi connectivity index (χ1n) is 6.70. The predicted octanol–water partition coefficient (Wildman–Crippen LogP) is 2.53. The molecule has 0 radical (unpaired) electrons. The third-order valence-electron chi connectivity index (χ3n) is 3.28. The van der Waals surface area contributed by atoms with Crippen molar-refractivity contribution in [3.8, 4) is 0 Å². The lowest BCUT2D eigenvalue weighted by Gasteiger charge is -2.04. The van der Waals surface area contributed by atoms with Crippen molar-refractivity contribution in [3.05, 3.63) is 41.2 Å². The summed E-state index contributed by atoms with van der Waals surface area (Å²) in [5.41, 5.74) is 8.08. The molecule has 3 rings (SSSR count). The SMILES string of the molecule is NCCc1ccc(CNc2nc(C3CC3)ns2)cc1. The van der Waals surface area contributed by atoms with E-state index in [0.29, 0.717) is 12.5 Å². The zero-order valence-electron chi connectivity index (χ0n) is 10.8. The van der Waals surface area contributed by atoms with E-state index in [4.69, 9.17) is 5.73 Å². The van der Waals surface area contributed by atoms with Gasteiger partial charge in [0.15, 0.2) is 0 Å². The highest BCUT2D eigenvalue weighted by atomic mass is 32.1. The second-order valence-electron chi connectivity index (χ2n) is 4.94. The first-order valence-corrected chi connectivity index (χ1v) is 7.48. The van der Waals surface area contributed by atoms with Crippen molar-refractivity contribution in [2.45, 2.75) is 31.7 Å². The lowest BCUT2D eigenvalue weighted by molar-refractivity contribution is 0.964. The van der Waals surface area contributed by atoms with Gasteiger partial charge in [-0.2, -0.15) is 4.37 Å². The Morgan fingerprint density at radius 3 is 2.63 bits per heavy atom. The van der Waals surface area contributed by atoms with Gasteiger partial charge in [-0.15, -0.1) is 0 Å². The molecule has 0 aliphatic heterocycles. The normalized spacial score (nSPS) is 14.6. The number of anilines is 1. The molecule has 2 aromatic rings. The van der Waals surface area contributed by atoms with Crippen LogP contribution in [0.15, 0.2) is 24.3 Å². The topological polar surface area (TPSA) is 63.8 Å². The molecule has 1 aliphatic rings. The van der Waals surface area contributed by atoms with Gasteiger partial charge in [-0.05, 0) is 36.9 Å². The number of rotatable bonds is 6. The summed E-state index contributed by atoms with van der Waals surface area (Å²) in [7, 11) is 0. The fourth-order valence-electron chi connectivity index (χ4n) is 1.98. The molecule has 4 nitrogen and oxygen atoms in total. The Kier molecular flexibility index (Phi) is 3.75. The van der Waals surface area contributed by atoms with Crippen LogP contribution in [0.4, 0.5) is 5.13 Å². The maximum Gasteiger partial charge on any atom is 0.202 e. The maximum atomic E-state index is 5.54. The molecule has 1 aromatic carbocycles. The Morgan fingerprint density at radius 2 is 1.95 bits per heavy atom. The van der Waals surface area contributed by atoms with E-state index in [1.165, 1.54) is 35.5 Å². The van der Waals surface area contributed by atoms with E-state index in [1.54, 1.807) is 0 Å². The van der Waals surface area contributed by atoms with Crippen molar-refractivity contribution < 1.29 is 0 Å². The van der Waals surface area contributed by atoms with Crippen LogP contribution < -0.4 is 11.1 Å². The van der Waals surface area contributed by atoms with Crippen LogP contribution in [0.3, 0.4) is 0 Å². The van der Waals surface area contributed by atoms with E-state index in [1.807, 2.05) is 0 Å². The molecule has 0 spiro atoms. The largest absolute Gasteiger partial charge is 0.356 e. The van der Waals surface area contributed by atoms with Crippen LogP contribution in [0, 0.1) is 0 Å². The van der Waals surface area contributed by atoms with Crippen LogP contribution in [-0.4, -0.2) is 15.9 Å². The molecule has 0 unspecified atom stereocenters. The first kappa shape index (κ1) is 12.6. The van der Waals surface area contributed by atoms with Gasteiger partial charge in [-0.25, -0.2) is 4.98 Å². The zero-order chi connectivity index (χ0) is 13.1. The van der Waals surface area contributed by atoms with Crippen LogP contribution in [-0.2, 0) is 13.0 Å². The molecule has 5 heteroatoms. The summed E-state index contributed by atoms with van der Waals surface area (Å²) >= 11 is 1.46. The zero-order valence-corrected chi connectivity index (χ0v) is 11.6. The average Bonchev–Trinajstić information content (AvgIpc) is 3.18. The molecule has 0 bridgehead atoms. The summed E-state index contributed by atoms with van der Waals surface area (Å²) in [6.45, 7) is 1.49. The highest BCUT2D eigenvalue weighted by Crippen LogP contribution is 2.39. The standard InChI is InChI=1S/C14H18N4S/c15-8-7-10-1-3-11(4-2-10)9-16-14-17-13(18-19-14)12-5-6-12/h1-4,12H,5-9,15H2,(H,16,17,18). The summed E-state index contributed by atoms with van der Waals surface area (Å²) in [5, 5.41) is 4.26. The lowest BCUT2D eigenvalue weighted by atomic mass is 10.1. The Labute approximate surface area is 117 Å². The van der Waals surface area contributed by atoms with E-state index >= 15 is 0 Å². The molecule has 1 saturated carbocycles. The number of hydrogen-bond donors (Lipinski definition) is 2. The smallest absolute Gasteiger partial charge is 0.202 e. The van der Waals surface area contributed by atoms with Crippen molar-refractivity contribution in [2.24, 2.45) is 5.73 Å². The first-order chi connectivity index (χ1) is 9.35. The highest BCUT2D eigenvalue weighted by molar-refractivity contribution is 7.09. The fraction of sp³-hybridized carbons (Fsp3) is 0.429. The minimum Gasteiger partial charge on any atom is -0.356 e. The van der Waals surface area contributed by atoms with Crippen LogP contribution in [0.1, 0.15) is 35.7 Å². The Hall–Kier alpha value is -1.46. The second-order valence-corrected chi connectivity index (χ2v) is 5.69.